The quantitative estimate of drug-likeness (QED) is 0.756. The summed E-state index contributed by atoms with van der Waals surface area (Å²) in [6.45, 7) is 4.84. The van der Waals surface area contributed by atoms with Gasteiger partial charge in [-0.2, -0.15) is 0 Å². The van der Waals surface area contributed by atoms with Gasteiger partial charge in [-0.05, 0) is 37.6 Å². The summed E-state index contributed by atoms with van der Waals surface area (Å²) in [5, 5.41) is 1.13. The lowest BCUT2D eigenvalue weighted by Crippen LogP contribution is -1.89. The maximum Gasteiger partial charge on any atom is 0.134 e. The van der Waals surface area contributed by atoms with Crippen molar-refractivity contribution in [1.82, 2.24) is 0 Å². The molecule has 0 saturated carbocycles. The standard InChI is InChI=1S/C13H16O2/c1-3-5-12-9-10-8-11(14-4-2)6-7-13(10)15-12/h6-9H,3-5H2,1-2H3. The van der Waals surface area contributed by atoms with Gasteiger partial charge in [-0.1, -0.05) is 6.92 Å². The average molecular weight is 204 g/mol. The third-order valence-corrected chi connectivity index (χ3v) is 2.35. The van der Waals surface area contributed by atoms with Gasteiger partial charge in [0.1, 0.15) is 17.1 Å². The molecule has 2 rings (SSSR count). The van der Waals surface area contributed by atoms with E-state index in [-0.39, 0.29) is 0 Å². The molecule has 1 aromatic heterocycles. The summed E-state index contributed by atoms with van der Waals surface area (Å²) in [6.07, 6.45) is 2.11. The Morgan fingerprint density at radius 2 is 2.07 bits per heavy atom. The topological polar surface area (TPSA) is 22.4 Å². The van der Waals surface area contributed by atoms with Crippen LogP contribution in [0.25, 0.3) is 11.0 Å². The zero-order valence-electron chi connectivity index (χ0n) is 9.25. The van der Waals surface area contributed by atoms with E-state index in [4.69, 9.17) is 9.15 Å². The maximum absolute atomic E-state index is 5.69. The highest BCUT2D eigenvalue weighted by Crippen LogP contribution is 2.24. The Bertz CT molecular complexity index is 439. The van der Waals surface area contributed by atoms with Crippen LogP contribution in [0.4, 0.5) is 0 Å². The Morgan fingerprint density at radius 1 is 1.20 bits per heavy atom. The van der Waals surface area contributed by atoms with Crippen LogP contribution >= 0.6 is 0 Å². The minimum atomic E-state index is 0.700. The summed E-state index contributed by atoms with van der Waals surface area (Å²) in [6, 6.07) is 8.05. The summed E-state index contributed by atoms with van der Waals surface area (Å²) in [5.41, 5.74) is 0.946. The Kier molecular flexibility index (Phi) is 2.95. The largest absolute Gasteiger partial charge is 0.494 e. The molecule has 2 aromatic rings. The molecule has 2 nitrogen and oxygen atoms in total. The molecule has 0 atom stereocenters. The van der Waals surface area contributed by atoms with Crippen LogP contribution in [0.5, 0.6) is 5.75 Å². The second kappa shape index (κ2) is 4.39. The molecule has 80 valence electrons. The number of hydrogen-bond acceptors (Lipinski definition) is 2. The number of fused-ring (bicyclic) bond motifs is 1. The molecule has 1 aromatic carbocycles. The van der Waals surface area contributed by atoms with E-state index in [2.05, 4.69) is 13.0 Å². The van der Waals surface area contributed by atoms with Gasteiger partial charge < -0.3 is 9.15 Å². The molecule has 0 unspecified atom stereocenters. The monoisotopic (exact) mass is 204 g/mol. The van der Waals surface area contributed by atoms with Gasteiger partial charge >= 0.3 is 0 Å². The van der Waals surface area contributed by atoms with E-state index >= 15 is 0 Å². The van der Waals surface area contributed by atoms with Crippen LogP contribution in [-0.2, 0) is 6.42 Å². The van der Waals surface area contributed by atoms with Crippen LogP contribution in [0.2, 0.25) is 0 Å². The van der Waals surface area contributed by atoms with Crippen molar-refractivity contribution >= 4 is 11.0 Å². The summed E-state index contributed by atoms with van der Waals surface area (Å²) in [5.74, 6) is 1.97. The summed E-state index contributed by atoms with van der Waals surface area (Å²) in [4.78, 5) is 0. The molecule has 0 amide bonds. The van der Waals surface area contributed by atoms with Crippen molar-refractivity contribution in [3.8, 4) is 5.75 Å². The molecule has 0 saturated heterocycles. The first kappa shape index (κ1) is 10.1. The predicted octanol–water partition coefficient (Wildman–Crippen LogP) is 3.78. The van der Waals surface area contributed by atoms with Crippen LogP contribution in [0.15, 0.2) is 28.7 Å². The average Bonchev–Trinajstić information content (AvgIpc) is 2.60. The van der Waals surface area contributed by atoms with Crippen LogP contribution < -0.4 is 4.74 Å². The summed E-state index contributed by atoms with van der Waals surface area (Å²) in [7, 11) is 0. The van der Waals surface area contributed by atoms with Gasteiger partial charge in [0.25, 0.3) is 0 Å². The van der Waals surface area contributed by atoms with Gasteiger partial charge in [0.15, 0.2) is 0 Å². The van der Waals surface area contributed by atoms with Crippen molar-refractivity contribution in [2.24, 2.45) is 0 Å². The van der Waals surface area contributed by atoms with Crippen molar-refractivity contribution in [2.75, 3.05) is 6.61 Å². The molecular weight excluding hydrogens is 188 g/mol. The van der Waals surface area contributed by atoms with Crippen molar-refractivity contribution in [1.29, 1.82) is 0 Å². The third kappa shape index (κ3) is 2.14. The SMILES string of the molecule is CCCc1cc2cc(OCC)ccc2o1. The van der Waals surface area contributed by atoms with Crippen molar-refractivity contribution in [2.45, 2.75) is 26.7 Å². The fourth-order valence-corrected chi connectivity index (χ4v) is 1.70. The van der Waals surface area contributed by atoms with Crippen molar-refractivity contribution < 1.29 is 9.15 Å². The molecular formula is C13H16O2. The second-order valence-corrected chi connectivity index (χ2v) is 3.60. The van der Waals surface area contributed by atoms with Gasteiger partial charge in [-0.25, -0.2) is 0 Å². The minimum absolute atomic E-state index is 0.700. The van der Waals surface area contributed by atoms with E-state index in [9.17, 15) is 0 Å². The van der Waals surface area contributed by atoms with Crippen LogP contribution in [0, 0.1) is 0 Å². The summed E-state index contributed by atoms with van der Waals surface area (Å²) < 4.78 is 11.1. The number of hydrogen-bond donors (Lipinski definition) is 0. The number of benzene rings is 1. The lowest BCUT2D eigenvalue weighted by Gasteiger charge is -2.00. The number of furan rings is 1. The Labute approximate surface area is 89.8 Å². The molecule has 0 spiro atoms. The van der Waals surface area contributed by atoms with E-state index in [0.717, 1.165) is 35.3 Å². The van der Waals surface area contributed by atoms with Gasteiger partial charge in [0.2, 0.25) is 0 Å². The first-order valence-corrected chi connectivity index (χ1v) is 5.48. The second-order valence-electron chi connectivity index (χ2n) is 3.60. The lowest BCUT2D eigenvalue weighted by molar-refractivity contribution is 0.340. The van der Waals surface area contributed by atoms with Gasteiger partial charge in [-0.15, -0.1) is 0 Å². The van der Waals surface area contributed by atoms with Gasteiger partial charge in [0.05, 0.1) is 6.61 Å². The molecule has 0 N–H and O–H groups in total. The minimum Gasteiger partial charge on any atom is -0.494 e. The lowest BCUT2D eigenvalue weighted by atomic mass is 10.2. The van der Waals surface area contributed by atoms with Gasteiger partial charge in [-0.3, -0.25) is 0 Å². The molecule has 0 aliphatic heterocycles. The fourth-order valence-electron chi connectivity index (χ4n) is 1.70. The zero-order chi connectivity index (χ0) is 10.7. The van der Waals surface area contributed by atoms with Crippen LogP contribution in [-0.4, -0.2) is 6.61 Å². The molecule has 15 heavy (non-hydrogen) atoms. The van der Waals surface area contributed by atoms with Crippen molar-refractivity contribution in [3.63, 3.8) is 0 Å². The number of ether oxygens (including phenoxy) is 1. The molecule has 1 heterocycles. The third-order valence-electron chi connectivity index (χ3n) is 2.35. The maximum atomic E-state index is 5.69. The Hall–Kier alpha value is -1.44. The van der Waals surface area contributed by atoms with Crippen LogP contribution in [0.3, 0.4) is 0 Å². The smallest absolute Gasteiger partial charge is 0.134 e. The normalized spacial score (nSPS) is 10.8. The van der Waals surface area contributed by atoms with Crippen LogP contribution in [0.1, 0.15) is 26.0 Å². The van der Waals surface area contributed by atoms with Crippen molar-refractivity contribution in [3.05, 3.63) is 30.0 Å². The molecule has 0 radical (unpaired) electrons. The predicted molar refractivity (Wildman–Crippen MR) is 61.4 cm³/mol. The highest BCUT2D eigenvalue weighted by molar-refractivity contribution is 5.79. The molecule has 0 aliphatic carbocycles. The number of aryl methyl sites for hydroxylation is 1. The fraction of sp³-hybridized carbons (Fsp3) is 0.385. The highest BCUT2D eigenvalue weighted by Gasteiger charge is 2.03. The first-order chi connectivity index (χ1) is 7.33. The number of rotatable bonds is 4. The van der Waals surface area contributed by atoms with E-state index in [0.29, 0.717) is 6.61 Å². The molecule has 0 fully saturated rings. The molecule has 0 bridgehead atoms. The van der Waals surface area contributed by atoms with Gasteiger partial charge in [0, 0.05) is 11.8 Å². The zero-order valence-corrected chi connectivity index (χ0v) is 9.25. The van der Waals surface area contributed by atoms with E-state index in [1.165, 1.54) is 0 Å². The highest BCUT2D eigenvalue weighted by atomic mass is 16.5. The molecule has 0 aliphatic rings. The van der Waals surface area contributed by atoms with E-state index < -0.39 is 0 Å². The Morgan fingerprint density at radius 3 is 2.80 bits per heavy atom. The van der Waals surface area contributed by atoms with E-state index in [1.54, 1.807) is 0 Å². The molecule has 2 heteroatoms. The summed E-state index contributed by atoms with van der Waals surface area (Å²) >= 11 is 0. The van der Waals surface area contributed by atoms with E-state index in [1.807, 2.05) is 25.1 Å². The first-order valence-electron chi connectivity index (χ1n) is 5.48. The Balaban J connectivity index is 2.34.